The first kappa shape index (κ1) is 7.57. The quantitative estimate of drug-likeness (QED) is 0.675. The normalized spacial score (nSPS) is 13.5. The average Bonchev–Trinajstić information content (AvgIpc) is 2.15. The van der Waals surface area contributed by atoms with Crippen molar-refractivity contribution in [3.8, 4) is 0 Å². The highest BCUT2D eigenvalue weighted by Crippen LogP contribution is 2.12. The number of rotatable bonds is 2. The molecule has 56 valence electrons. The minimum atomic E-state index is 0.123. The van der Waals surface area contributed by atoms with Crippen LogP contribution in [0.15, 0.2) is 6.20 Å². The first-order valence-corrected chi connectivity index (χ1v) is 3.51. The summed E-state index contributed by atoms with van der Waals surface area (Å²) in [4.78, 5) is 0. The van der Waals surface area contributed by atoms with Crippen molar-refractivity contribution in [2.24, 2.45) is 5.73 Å². The van der Waals surface area contributed by atoms with Gasteiger partial charge in [-0.05, 0) is 6.92 Å². The standard InChI is InChI=1S/C6H10ClN3/c1-4(8)2-6-5(7)3-9-10-6/h3-4H,2,8H2,1H3,(H,9,10). The van der Waals surface area contributed by atoms with E-state index in [-0.39, 0.29) is 6.04 Å². The lowest BCUT2D eigenvalue weighted by Gasteiger charge is -2.00. The Kier molecular flexibility index (Phi) is 2.29. The molecule has 0 amide bonds. The van der Waals surface area contributed by atoms with Gasteiger partial charge in [0.05, 0.1) is 16.9 Å². The topological polar surface area (TPSA) is 54.7 Å². The molecular formula is C6H10ClN3. The molecule has 3 nitrogen and oxygen atoms in total. The second-order valence-corrected chi connectivity index (χ2v) is 2.79. The largest absolute Gasteiger partial charge is 0.328 e. The molecule has 1 atom stereocenters. The maximum absolute atomic E-state index is 5.73. The van der Waals surface area contributed by atoms with E-state index in [0.717, 1.165) is 12.1 Å². The van der Waals surface area contributed by atoms with Gasteiger partial charge in [0.1, 0.15) is 0 Å². The van der Waals surface area contributed by atoms with E-state index in [1.54, 1.807) is 6.20 Å². The number of nitrogens with two attached hydrogens (primary N) is 1. The number of nitrogens with zero attached hydrogens (tertiary/aromatic N) is 1. The third kappa shape index (κ3) is 1.72. The molecule has 0 aliphatic carbocycles. The third-order valence-electron chi connectivity index (χ3n) is 1.19. The Bertz CT molecular complexity index is 207. The highest BCUT2D eigenvalue weighted by Gasteiger charge is 2.03. The van der Waals surface area contributed by atoms with E-state index < -0.39 is 0 Å². The number of halogens is 1. The first-order chi connectivity index (χ1) is 4.70. The zero-order valence-electron chi connectivity index (χ0n) is 5.76. The van der Waals surface area contributed by atoms with Gasteiger partial charge in [-0.25, -0.2) is 0 Å². The number of nitrogens with one attached hydrogen (secondary N) is 1. The smallest absolute Gasteiger partial charge is 0.0815 e. The van der Waals surface area contributed by atoms with Gasteiger partial charge < -0.3 is 5.73 Å². The van der Waals surface area contributed by atoms with Gasteiger partial charge in [-0.15, -0.1) is 0 Å². The van der Waals surface area contributed by atoms with E-state index in [0.29, 0.717) is 5.02 Å². The minimum absolute atomic E-state index is 0.123. The summed E-state index contributed by atoms with van der Waals surface area (Å²) >= 11 is 5.73. The van der Waals surface area contributed by atoms with Crippen molar-refractivity contribution in [2.45, 2.75) is 19.4 Å². The highest BCUT2D eigenvalue weighted by atomic mass is 35.5. The van der Waals surface area contributed by atoms with Crippen molar-refractivity contribution in [1.29, 1.82) is 0 Å². The van der Waals surface area contributed by atoms with Gasteiger partial charge in [-0.1, -0.05) is 11.6 Å². The Morgan fingerprint density at radius 1 is 1.90 bits per heavy atom. The summed E-state index contributed by atoms with van der Waals surface area (Å²) in [5.74, 6) is 0. The fourth-order valence-electron chi connectivity index (χ4n) is 0.763. The Labute approximate surface area is 64.6 Å². The second kappa shape index (κ2) is 3.03. The van der Waals surface area contributed by atoms with Gasteiger partial charge in [-0.3, -0.25) is 5.10 Å². The number of H-pyrrole nitrogens is 1. The summed E-state index contributed by atoms with van der Waals surface area (Å²) in [5.41, 5.74) is 6.46. The van der Waals surface area contributed by atoms with Crippen molar-refractivity contribution in [3.05, 3.63) is 16.9 Å². The van der Waals surface area contributed by atoms with Crippen LogP contribution in [0.2, 0.25) is 5.02 Å². The number of hydrogen-bond acceptors (Lipinski definition) is 2. The van der Waals surface area contributed by atoms with Gasteiger partial charge in [-0.2, -0.15) is 5.10 Å². The lowest BCUT2D eigenvalue weighted by molar-refractivity contribution is 0.719. The number of aromatic nitrogens is 2. The van der Waals surface area contributed by atoms with Crippen molar-refractivity contribution < 1.29 is 0 Å². The van der Waals surface area contributed by atoms with Crippen LogP contribution >= 0.6 is 11.6 Å². The molecule has 0 aliphatic rings. The maximum Gasteiger partial charge on any atom is 0.0815 e. The summed E-state index contributed by atoms with van der Waals surface area (Å²) in [7, 11) is 0. The van der Waals surface area contributed by atoms with Crippen LogP contribution < -0.4 is 5.73 Å². The Morgan fingerprint density at radius 3 is 3.00 bits per heavy atom. The van der Waals surface area contributed by atoms with Crippen LogP contribution in [0.4, 0.5) is 0 Å². The highest BCUT2D eigenvalue weighted by molar-refractivity contribution is 6.31. The Balaban J connectivity index is 2.65. The molecule has 0 bridgehead atoms. The van der Waals surface area contributed by atoms with E-state index in [1.807, 2.05) is 6.92 Å². The van der Waals surface area contributed by atoms with Crippen LogP contribution in [0, 0.1) is 0 Å². The fourth-order valence-corrected chi connectivity index (χ4v) is 0.932. The van der Waals surface area contributed by atoms with Crippen LogP contribution in [-0.4, -0.2) is 16.2 Å². The van der Waals surface area contributed by atoms with Crippen molar-refractivity contribution in [3.63, 3.8) is 0 Å². The number of aromatic amines is 1. The molecule has 0 fully saturated rings. The zero-order chi connectivity index (χ0) is 7.56. The number of hydrogen-bond donors (Lipinski definition) is 2. The van der Waals surface area contributed by atoms with Crippen LogP contribution in [0.25, 0.3) is 0 Å². The van der Waals surface area contributed by atoms with Gasteiger partial charge in [0.2, 0.25) is 0 Å². The molecule has 0 aromatic carbocycles. The molecule has 1 aromatic heterocycles. The summed E-state index contributed by atoms with van der Waals surface area (Å²) in [6.45, 7) is 1.93. The molecule has 4 heteroatoms. The Hall–Kier alpha value is -0.540. The molecule has 0 radical (unpaired) electrons. The lowest BCUT2D eigenvalue weighted by Crippen LogP contribution is -2.18. The van der Waals surface area contributed by atoms with E-state index in [4.69, 9.17) is 17.3 Å². The third-order valence-corrected chi connectivity index (χ3v) is 1.52. The van der Waals surface area contributed by atoms with Crippen LogP contribution in [0.3, 0.4) is 0 Å². The predicted molar refractivity (Wildman–Crippen MR) is 41.0 cm³/mol. The molecule has 0 spiro atoms. The van der Waals surface area contributed by atoms with Crippen molar-refractivity contribution in [2.75, 3.05) is 0 Å². The van der Waals surface area contributed by atoms with Crippen LogP contribution in [0.1, 0.15) is 12.6 Å². The average molecular weight is 160 g/mol. The molecular weight excluding hydrogens is 150 g/mol. The molecule has 1 heterocycles. The van der Waals surface area contributed by atoms with Crippen molar-refractivity contribution in [1.82, 2.24) is 10.2 Å². The van der Waals surface area contributed by atoms with Crippen LogP contribution in [-0.2, 0) is 6.42 Å². The molecule has 0 aliphatic heterocycles. The molecule has 0 saturated carbocycles. The van der Waals surface area contributed by atoms with E-state index in [2.05, 4.69) is 10.2 Å². The van der Waals surface area contributed by atoms with Crippen LogP contribution in [0.5, 0.6) is 0 Å². The Morgan fingerprint density at radius 2 is 2.60 bits per heavy atom. The molecule has 1 aromatic rings. The van der Waals surface area contributed by atoms with E-state index in [1.165, 1.54) is 0 Å². The molecule has 1 rings (SSSR count). The van der Waals surface area contributed by atoms with Gasteiger partial charge in [0, 0.05) is 12.5 Å². The van der Waals surface area contributed by atoms with Crippen molar-refractivity contribution >= 4 is 11.6 Å². The summed E-state index contributed by atoms with van der Waals surface area (Å²) < 4.78 is 0. The summed E-state index contributed by atoms with van der Waals surface area (Å²) in [6.07, 6.45) is 2.33. The first-order valence-electron chi connectivity index (χ1n) is 3.13. The monoisotopic (exact) mass is 159 g/mol. The minimum Gasteiger partial charge on any atom is -0.328 e. The second-order valence-electron chi connectivity index (χ2n) is 2.38. The molecule has 1 unspecified atom stereocenters. The zero-order valence-corrected chi connectivity index (χ0v) is 6.52. The van der Waals surface area contributed by atoms with Gasteiger partial charge in [0.15, 0.2) is 0 Å². The molecule has 0 saturated heterocycles. The van der Waals surface area contributed by atoms with Gasteiger partial charge in [0.25, 0.3) is 0 Å². The lowest BCUT2D eigenvalue weighted by atomic mass is 10.2. The van der Waals surface area contributed by atoms with Gasteiger partial charge >= 0.3 is 0 Å². The summed E-state index contributed by atoms with van der Waals surface area (Å²) in [5, 5.41) is 7.20. The predicted octanol–water partition coefficient (Wildman–Crippen LogP) is 0.953. The van der Waals surface area contributed by atoms with E-state index >= 15 is 0 Å². The SMILES string of the molecule is CC(N)Cc1[nH]ncc1Cl. The summed E-state index contributed by atoms with van der Waals surface area (Å²) in [6, 6.07) is 0.123. The maximum atomic E-state index is 5.73. The fraction of sp³-hybridized carbons (Fsp3) is 0.500. The van der Waals surface area contributed by atoms with E-state index in [9.17, 15) is 0 Å². The molecule has 10 heavy (non-hydrogen) atoms. The molecule has 3 N–H and O–H groups in total.